The summed E-state index contributed by atoms with van der Waals surface area (Å²) in [7, 11) is 0. The molecule has 13 heavy (non-hydrogen) atoms. The van der Waals surface area contributed by atoms with Gasteiger partial charge in [-0.15, -0.1) is 0 Å². The van der Waals surface area contributed by atoms with Gasteiger partial charge in [0.25, 0.3) is 0 Å². The first-order chi connectivity index (χ1) is 6.10. The maximum Gasteiger partial charge on any atom is 0.126 e. The maximum absolute atomic E-state index is 11.0. The van der Waals surface area contributed by atoms with Crippen molar-refractivity contribution in [3.8, 4) is 0 Å². The molecule has 2 aliphatic rings. The highest BCUT2D eigenvalue weighted by Gasteiger charge is 2.61. The lowest BCUT2D eigenvalue weighted by Gasteiger charge is -2.17. The minimum absolute atomic E-state index is 0.0536. The van der Waals surface area contributed by atoms with Gasteiger partial charge >= 0.3 is 0 Å². The molecule has 2 rings (SSSR count). The summed E-state index contributed by atoms with van der Waals surface area (Å²) in [5.41, 5.74) is 0.169. The average Bonchev–Trinajstić information content (AvgIpc) is 2.52. The molecule has 0 aromatic carbocycles. The molecular formula is C11H18O2. The Hall–Kier alpha value is -0.370. The molecule has 2 fully saturated rings. The van der Waals surface area contributed by atoms with Crippen molar-refractivity contribution in [3.05, 3.63) is 0 Å². The van der Waals surface area contributed by atoms with Crippen molar-refractivity contribution in [1.29, 1.82) is 0 Å². The van der Waals surface area contributed by atoms with Crippen LogP contribution in [0.3, 0.4) is 0 Å². The van der Waals surface area contributed by atoms with E-state index in [1.54, 1.807) is 0 Å². The number of hydrogen-bond donors (Lipinski definition) is 0. The van der Waals surface area contributed by atoms with Gasteiger partial charge in [-0.1, -0.05) is 13.8 Å². The van der Waals surface area contributed by atoms with E-state index in [1.165, 1.54) is 6.42 Å². The first-order valence-electron chi connectivity index (χ1n) is 5.18. The van der Waals surface area contributed by atoms with E-state index in [1.807, 2.05) is 0 Å². The van der Waals surface area contributed by atoms with Crippen LogP contribution in [0.4, 0.5) is 0 Å². The Bertz CT molecular complexity index is 216. The first kappa shape index (κ1) is 9.20. The van der Waals surface area contributed by atoms with Crippen LogP contribution in [0, 0.1) is 10.8 Å². The molecule has 74 valence electrons. The van der Waals surface area contributed by atoms with Crippen molar-refractivity contribution in [1.82, 2.24) is 0 Å². The lowest BCUT2D eigenvalue weighted by molar-refractivity contribution is -0.114. The Balaban J connectivity index is 1.96. The SMILES string of the molecule is CC1(C)CC1(C=O)C[C@@H]1CCCO1. The van der Waals surface area contributed by atoms with E-state index in [-0.39, 0.29) is 10.8 Å². The summed E-state index contributed by atoms with van der Waals surface area (Å²) in [5, 5.41) is 0. The average molecular weight is 182 g/mol. The molecule has 1 aliphatic carbocycles. The van der Waals surface area contributed by atoms with Crippen LogP contribution in [-0.2, 0) is 9.53 Å². The highest BCUT2D eigenvalue weighted by molar-refractivity contribution is 5.66. The van der Waals surface area contributed by atoms with Gasteiger partial charge in [0.2, 0.25) is 0 Å². The molecule has 0 bridgehead atoms. The number of carbonyl (C=O) groups excluding carboxylic acids is 1. The van der Waals surface area contributed by atoms with E-state index in [9.17, 15) is 4.79 Å². The van der Waals surface area contributed by atoms with Crippen molar-refractivity contribution in [2.45, 2.75) is 45.6 Å². The predicted molar refractivity (Wildman–Crippen MR) is 50.5 cm³/mol. The third kappa shape index (κ3) is 1.41. The van der Waals surface area contributed by atoms with Gasteiger partial charge in [0.15, 0.2) is 0 Å². The van der Waals surface area contributed by atoms with Gasteiger partial charge in [0.05, 0.1) is 6.10 Å². The quantitative estimate of drug-likeness (QED) is 0.625. The van der Waals surface area contributed by atoms with Gasteiger partial charge in [-0.2, -0.15) is 0 Å². The zero-order chi connectivity index (χ0) is 9.53. The zero-order valence-corrected chi connectivity index (χ0v) is 8.51. The number of hydrogen-bond acceptors (Lipinski definition) is 2. The fourth-order valence-corrected chi connectivity index (χ4v) is 2.55. The highest BCUT2D eigenvalue weighted by Crippen LogP contribution is 2.65. The summed E-state index contributed by atoms with van der Waals surface area (Å²) < 4.78 is 5.57. The van der Waals surface area contributed by atoms with Crippen LogP contribution >= 0.6 is 0 Å². The van der Waals surface area contributed by atoms with Crippen LogP contribution in [0.5, 0.6) is 0 Å². The molecule has 0 aromatic heterocycles. The minimum Gasteiger partial charge on any atom is -0.378 e. The number of carbonyl (C=O) groups is 1. The summed E-state index contributed by atoms with van der Waals surface area (Å²) in [5.74, 6) is 0. The molecular weight excluding hydrogens is 164 g/mol. The molecule has 1 unspecified atom stereocenters. The third-order valence-corrected chi connectivity index (χ3v) is 3.82. The fourth-order valence-electron chi connectivity index (χ4n) is 2.55. The van der Waals surface area contributed by atoms with E-state index < -0.39 is 0 Å². The van der Waals surface area contributed by atoms with Gasteiger partial charge in [-0.05, 0) is 31.1 Å². The molecule has 1 aliphatic heterocycles. The van der Waals surface area contributed by atoms with Crippen LogP contribution in [0.15, 0.2) is 0 Å². The molecule has 0 radical (unpaired) electrons. The molecule has 2 heteroatoms. The van der Waals surface area contributed by atoms with Crippen LogP contribution in [0.25, 0.3) is 0 Å². The van der Waals surface area contributed by atoms with Crippen molar-refractivity contribution < 1.29 is 9.53 Å². The zero-order valence-electron chi connectivity index (χ0n) is 8.51. The molecule has 0 aromatic rings. The molecule has 0 spiro atoms. The Morgan fingerprint density at radius 1 is 1.54 bits per heavy atom. The van der Waals surface area contributed by atoms with E-state index in [0.717, 1.165) is 32.2 Å². The van der Waals surface area contributed by atoms with Gasteiger partial charge in [-0.25, -0.2) is 0 Å². The van der Waals surface area contributed by atoms with E-state index in [2.05, 4.69) is 13.8 Å². The second kappa shape index (κ2) is 2.81. The molecule has 0 amide bonds. The van der Waals surface area contributed by atoms with Crippen LogP contribution in [-0.4, -0.2) is 19.0 Å². The van der Waals surface area contributed by atoms with Gasteiger partial charge in [-0.3, -0.25) is 0 Å². The fraction of sp³-hybridized carbons (Fsp3) is 0.909. The maximum atomic E-state index is 11.0. The van der Waals surface area contributed by atoms with E-state index in [0.29, 0.717) is 6.10 Å². The molecule has 1 heterocycles. The number of aldehydes is 1. The Labute approximate surface area is 79.7 Å². The summed E-state index contributed by atoms with van der Waals surface area (Å²) in [6.07, 6.45) is 5.82. The largest absolute Gasteiger partial charge is 0.378 e. The molecule has 2 atom stereocenters. The van der Waals surface area contributed by atoms with Gasteiger partial charge < -0.3 is 9.53 Å². The molecule has 0 N–H and O–H groups in total. The Morgan fingerprint density at radius 3 is 2.62 bits per heavy atom. The minimum atomic E-state index is -0.0536. The van der Waals surface area contributed by atoms with Crippen molar-refractivity contribution in [2.24, 2.45) is 10.8 Å². The van der Waals surface area contributed by atoms with Crippen molar-refractivity contribution in [2.75, 3.05) is 6.61 Å². The number of ether oxygens (including phenoxy) is 1. The normalized spacial score (nSPS) is 41.8. The van der Waals surface area contributed by atoms with Gasteiger partial charge in [0, 0.05) is 12.0 Å². The van der Waals surface area contributed by atoms with Gasteiger partial charge in [0.1, 0.15) is 6.29 Å². The second-order valence-electron chi connectivity index (χ2n) is 5.17. The van der Waals surface area contributed by atoms with E-state index in [4.69, 9.17) is 4.74 Å². The van der Waals surface area contributed by atoms with Crippen LogP contribution in [0.1, 0.15) is 39.5 Å². The van der Waals surface area contributed by atoms with Crippen LogP contribution in [0.2, 0.25) is 0 Å². The first-order valence-corrected chi connectivity index (χ1v) is 5.18. The monoisotopic (exact) mass is 182 g/mol. The summed E-state index contributed by atoms with van der Waals surface area (Å²) >= 11 is 0. The standard InChI is InChI=1S/C11H18O2/c1-10(2)7-11(10,8-12)6-9-4-3-5-13-9/h8-9H,3-7H2,1-2H3/t9-,11?/m0/s1. The lowest BCUT2D eigenvalue weighted by Crippen LogP contribution is -2.19. The molecule has 1 saturated carbocycles. The summed E-state index contributed by atoms with van der Waals surface area (Å²) in [6.45, 7) is 5.24. The summed E-state index contributed by atoms with van der Waals surface area (Å²) in [4.78, 5) is 11.0. The third-order valence-electron chi connectivity index (χ3n) is 3.82. The molecule has 1 saturated heterocycles. The Morgan fingerprint density at radius 2 is 2.23 bits per heavy atom. The smallest absolute Gasteiger partial charge is 0.126 e. The topological polar surface area (TPSA) is 26.3 Å². The van der Waals surface area contributed by atoms with Crippen molar-refractivity contribution in [3.63, 3.8) is 0 Å². The van der Waals surface area contributed by atoms with Crippen LogP contribution < -0.4 is 0 Å². The lowest BCUT2D eigenvalue weighted by atomic mass is 9.90. The molecule has 2 nitrogen and oxygen atoms in total. The predicted octanol–water partition coefficient (Wildman–Crippen LogP) is 2.17. The summed E-state index contributed by atoms with van der Waals surface area (Å²) in [6, 6.07) is 0. The Kier molecular flexibility index (Phi) is 1.99. The van der Waals surface area contributed by atoms with Crippen molar-refractivity contribution >= 4 is 6.29 Å². The highest BCUT2D eigenvalue weighted by atomic mass is 16.5. The number of rotatable bonds is 3. The van der Waals surface area contributed by atoms with E-state index >= 15 is 0 Å². The second-order valence-corrected chi connectivity index (χ2v) is 5.17.